The van der Waals surface area contributed by atoms with Gasteiger partial charge < -0.3 is 0 Å². The fourth-order valence-electron chi connectivity index (χ4n) is 1.68. The molecule has 0 aromatic heterocycles. The highest BCUT2D eigenvalue weighted by Crippen LogP contribution is 2.23. The molecule has 0 bridgehead atoms. The molecule has 0 heterocycles. The Labute approximate surface area is 96.3 Å². The Balaban J connectivity index is 2.90. The summed E-state index contributed by atoms with van der Waals surface area (Å²) in [6, 6.07) is 7.86. The highest BCUT2D eigenvalue weighted by atomic mass is 32.2. The lowest BCUT2D eigenvalue weighted by molar-refractivity contribution is 0.0920. The van der Waals surface area contributed by atoms with Crippen LogP contribution < -0.4 is 0 Å². The summed E-state index contributed by atoms with van der Waals surface area (Å²) >= 11 is 1.64. The van der Waals surface area contributed by atoms with Crippen molar-refractivity contribution in [3.05, 3.63) is 29.8 Å². The van der Waals surface area contributed by atoms with Crippen LogP contribution in [0.3, 0.4) is 0 Å². The largest absolute Gasteiger partial charge is 0.294 e. The molecule has 82 valence electrons. The van der Waals surface area contributed by atoms with Crippen LogP contribution in [0.4, 0.5) is 0 Å². The molecule has 0 aliphatic rings. The highest BCUT2D eigenvalue weighted by molar-refractivity contribution is 7.98. The zero-order valence-electron chi connectivity index (χ0n) is 9.62. The van der Waals surface area contributed by atoms with Crippen molar-refractivity contribution in [1.82, 2.24) is 0 Å². The van der Waals surface area contributed by atoms with Gasteiger partial charge in [-0.1, -0.05) is 38.5 Å². The van der Waals surface area contributed by atoms with E-state index in [4.69, 9.17) is 0 Å². The van der Waals surface area contributed by atoms with Gasteiger partial charge in [0.1, 0.15) is 0 Å². The Morgan fingerprint density at radius 1 is 1.40 bits per heavy atom. The van der Waals surface area contributed by atoms with E-state index in [0.717, 1.165) is 23.3 Å². The SMILES string of the molecule is CCCC(C)C(=O)c1ccccc1SC. The minimum absolute atomic E-state index is 0.142. The molecule has 0 N–H and O–H groups in total. The summed E-state index contributed by atoms with van der Waals surface area (Å²) in [6.07, 6.45) is 4.05. The molecule has 2 heteroatoms. The molecular weight excluding hydrogens is 204 g/mol. The van der Waals surface area contributed by atoms with Crippen LogP contribution in [0.5, 0.6) is 0 Å². The number of Topliss-reactive ketones (excluding diaryl/α,β-unsaturated/α-hetero) is 1. The van der Waals surface area contributed by atoms with Gasteiger partial charge in [-0.3, -0.25) is 4.79 Å². The molecule has 1 rings (SSSR count). The molecular formula is C13H18OS. The molecule has 1 nitrogen and oxygen atoms in total. The predicted octanol–water partition coefficient (Wildman–Crippen LogP) is 4.03. The third kappa shape index (κ3) is 3.10. The number of thioether (sulfide) groups is 1. The van der Waals surface area contributed by atoms with Crippen molar-refractivity contribution in [2.75, 3.05) is 6.26 Å². The molecule has 1 unspecified atom stereocenters. The Bertz CT molecular complexity index is 333. The minimum Gasteiger partial charge on any atom is -0.294 e. The normalized spacial score (nSPS) is 12.5. The first-order valence-corrected chi connectivity index (χ1v) is 6.60. The van der Waals surface area contributed by atoms with Gasteiger partial charge in [0.15, 0.2) is 5.78 Å². The molecule has 0 amide bonds. The van der Waals surface area contributed by atoms with Gasteiger partial charge in [0.25, 0.3) is 0 Å². The molecule has 0 spiro atoms. The predicted molar refractivity (Wildman–Crippen MR) is 66.6 cm³/mol. The van der Waals surface area contributed by atoms with E-state index in [1.165, 1.54) is 0 Å². The van der Waals surface area contributed by atoms with Crippen LogP contribution in [0.2, 0.25) is 0 Å². The number of carbonyl (C=O) groups excluding carboxylic acids is 1. The lowest BCUT2D eigenvalue weighted by atomic mass is 9.95. The summed E-state index contributed by atoms with van der Waals surface area (Å²) < 4.78 is 0. The van der Waals surface area contributed by atoms with Crippen LogP contribution in [0.25, 0.3) is 0 Å². The first-order chi connectivity index (χ1) is 7.20. The van der Waals surface area contributed by atoms with Gasteiger partial charge in [-0.2, -0.15) is 0 Å². The zero-order valence-corrected chi connectivity index (χ0v) is 10.4. The van der Waals surface area contributed by atoms with Crippen LogP contribution in [0.1, 0.15) is 37.0 Å². The topological polar surface area (TPSA) is 17.1 Å². The second-order valence-electron chi connectivity index (χ2n) is 3.75. The second kappa shape index (κ2) is 5.96. The molecule has 0 saturated carbocycles. The van der Waals surface area contributed by atoms with Gasteiger partial charge in [0.05, 0.1) is 0 Å². The van der Waals surface area contributed by atoms with Crippen LogP contribution in [-0.4, -0.2) is 12.0 Å². The molecule has 1 aromatic carbocycles. The molecule has 1 atom stereocenters. The van der Waals surface area contributed by atoms with Gasteiger partial charge in [-0.15, -0.1) is 11.8 Å². The van der Waals surface area contributed by atoms with Crippen LogP contribution in [0, 0.1) is 5.92 Å². The number of hydrogen-bond acceptors (Lipinski definition) is 2. The molecule has 0 radical (unpaired) electrons. The summed E-state index contributed by atoms with van der Waals surface area (Å²) in [4.78, 5) is 13.2. The van der Waals surface area contributed by atoms with Gasteiger partial charge in [-0.25, -0.2) is 0 Å². The first-order valence-electron chi connectivity index (χ1n) is 5.38. The number of hydrogen-bond donors (Lipinski definition) is 0. The van der Waals surface area contributed by atoms with Crippen LogP contribution in [-0.2, 0) is 0 Å². The Morgan fingerprint density at radius 2 is 2.07 bits per heavy atom. The van der Waals surface area contributed by atoms with Gasteiger partial charge in [0, 0.05) is 16.4 Å². The molecule has 1 aromatic rings. The summed E-state index contributed by atoms with van der Waals surface area (Å²) in [7, 11) is 0. The maximum absolute atomic E-state index is 12.1. The fraction of sp³-hybridized carbons (Fsp3) is 0.462. The fourth-order valence-corrected chi connectivity index (χ4v) is 2.28. The van der Waals surface area contributed by atoms with Crippen molar-refractivity contribution in [1.29, 1.82) is 0 Å². The molecule has 0 aliphatic carbocycles. The third-order valence-corrected chi connectivity index (χ3v) is 3.34. The Hall–Kier alpha value is -0.760. The average molecular weight is 222 g/mol. The summed E-state index contributed by atoms with van der Waals surface area (Å²) in [5.74, 6) is 0.421. The lowest BCUT2D eigenvalue weighted by Gasteiger charge is -2.11. The summed E-state index contributed by atoms with van der Waals surface area (Å²) in [5, 5.41) is 0. The van der Waals surface area contributed by atoms with Gasteiger partial charge in [-0.05, 0) is 18.7 Å². The van der Waals surface area contributed by atoms with Gasteiger partial charge >= 0.3 is 0 Å². The van der Waals surface area contributed by atoms with Crippen molar-refractivity contribution in [2.45, 2.75) is 31.6 Å². The first kappa shape index (κ1) is 12.3. The van der Waals surface area contributed by atoms with E-state index < -0.39 is 0 Å². The van der Waals surface area contributed by atoms with Crippen LogP contribution in [0.15, 0.2) is 29.2 Å². The number of carbonyl (C=O) groups is 1. The smallest absolute Gasteiger partial charge is 0.166 e. The Morgan fingerprint density at radius 3 is 2.67 bits per heavy atom. The van der Waals surface area contributed by atoms with E-state index in [1.54, 1.807) is 11.8 Å². The lowest BCUT2D eigenvalue weighted by Crippen LogP contribution is -2.11. The minimum atomic E-state index is 0.142. The van der Waals surface area contributed by atoms with E-state index in [1.807, 2.05) is 37.4 Å². The monoisotopic (exact) mass is 222 g/mol. The average Bonchev–Trinajstić information content (AvgIpc) is 2.28. The third-order valence-electron chi connectivity index (χ3n) is 2.54. The van der Waals surface area contributed by atoms with E-state index in [2.05, 4.69) is 6.92 Å². The van der Waals surface area contributed by atoms with Gasteiger partial charge in [0.2, 0.25) is 0 Å². The number of rotatable bonds is 5. The van der Waals surface area contributed by atoms with Crippen molar-refractivity contribution in [2.24, 2.45) is 5.92 Å². The molecule has 0 aliphatic heterocycles. The van der Waals surface area contributed by atoms with Crippen molar-refractivity contribution < 1.29 is 4.79 Å². The van der Waals surface area contributed by atoms with E-state index >= 15 is 0 Å². The maximum Gasteiger partial charge on any atom is 0.166 e. The van der Waals surface area contributed by atoms with E-state index in [9.17, 15) is 4.79 Å². The van der Waals surface area contributed by atoms with Crippen molar-refractivity contribution in [3.8, 4) is 0 Å². The quantitative estimate of drug-likeness (QED) is 0.552. The van der Waals surface area contributed by atoms with Crippen molar-refractivity contribution >= 4 is 17.5 Å². The number of ketones is 1. The molecule has 0 fully saturated rings. The van der Waals surface area contributed by atoms with Crippen molar-refractivity contribution in [3.63, 3.8) is 0 Å². The summed E-state index contributed by atoms with van der Waals surface area (Å²) in [5.41, 5.74) is 0.881. The summed E-state index contributed by atoms with van der Waals surface area (Å²) in [6.45, 7) is 4.13. The van der Waals surface area contributed by atoms with E-state index in [-0.39, 0.29) is 11.7 Å². The Kier molecular flexibility index (Phi) is 4.89. The maximum atomic E-state index is 12.1. The van der Waals surface area contributed by atoms with Crippen LogP contribution >= 0.6 is 11.8 Å². The van der Waals surface area contributed by atoms with E-state index in [0.29, 0.717) is 0 Å². The molecule has 0 saturated heterocycles. The zero-order chi connectivity index (χ0) is 11.3. The molecule has 15 heavy (non-hydrogen) atoms. The highest BCUT2D eigenvalue weighted by Gasteiger charge is 2.16. The second-order valence-corrected chi connectivity index (χ2v) is 4.60. The standard InChI is InChI=1S/C13H18OS/c1-4-7-10(2)13(14)11-8-5-6-9-12(11)15-3/h5-6,8-10H,4,7H2,1-3H3. The number of benzene rings is 1.